The maximum atomic E-state index is 5.64. The summed E-state index contributed by atoms with van der Waals surface area (Å²) in [5.41, 5.74) is 1.61. The summed E-state index contributed by atoms with van der Waals surface area (Å²) in [6, 6.07) is 6.00. The molecule has 0 saturated carbocycles. The standard InChI is InChI=1S/C12H11BrN2O/c1-8-7-14-12(15-8)4-5-16-11-3-2-9(13)6-10(11)12/h2-3,6-7H,4-5H2,1H3. The monoisotopic (exact) mass is 278 g/mol. The summed E-state index contributed by atoms with van der Waals surface area (Å²) >= 11 is 3.48. The smallest absolute Gasteiger partial charge is 0.182 e. The fourth-order valence-electron chi connectivity index (χ4n) is 2.18. The van der Waals surface area contributed by atoms with Crippen LogP contribution in [0.5, 0.6) is 5.75 Å². The highest BCUT2D eigenvalue weighted by Crippen LogP contribution is 2.43. The Labute approximate surface area is 102 Å². The molecule has 1 aromatic rings. The molecule has 3 nitrogen and oxygen atoms in total. The molecule has 0 amide bonds. The molecule has 4 heteroatoms. The molecule has 16 heavy (non-hydrogen) atoms. The maximum absolute atomic E-state index is 5.64. The van der Waals surface area contributed by atoms with Gasteiger partial charge in [-0.25, -0.2) is 0 Å². The topological polar surface area (TPSA) is 34.0 Å². The van der Waals surface area contributed by atoms with Gasteiger partial charge in [-0.15, -0.1) is 0 Å². The summed E-state index contributed by atoms with van der Waals surface area (Å²) in [5.74, 6) is 0.894. The second kappa shape index (κ2) is 3.42. The van der Waals surface area contributed by atoms with Crippen molar-refractivity contribution in [2.45, 2.75) is 19.0 Å². The van der Waals surface area contributed by atoms with Crippen molar-refractivity contribution in [3.8, 4) is 5.75 Å². The van der Waals surface area contributed by atoms with Gasteiger partial charge in [-0.05, 0) is 25.1 Å². The summed E-state index contributed by atoms with van der Waals surface area (Å²) in [4.78, 5) is 9.22. The molecular formula is C12H11BrN2O. The zero-order chi connectivity index (χ0) is 11.2. The first kappa shape index (κ1) is 10.0. The summed E-state index contributed by atoms with van der Waals surface area (Å²) in [6.07, 6.45) is 2.65. The van der Waals surface area contributed by atoms with Crippen molar-refractivity contribution < 1.29 is 4.74 Å². The van der Waals surface area contributed by atoms with E-state index >= 15 is 0 Å². The Morgan fingerprint density at radius 2 is 2.31 bits per heavy atom. The molecule has 2 aliphatic heterocycles. The Balaban J connectivity index is 2.20. The molecule has 1 spiro atoms. The van der Waals surface area contributed by atoms with Crippen LogP contribution in [0.25, 0.3) is 0 Å². The minimum absolute atomic E-state index is 0.429. The molecule has 2 heterocycles. The second-order valence-electron chi connectivity index (χ2n) is 4.07. The predicted octanol–water partition coefficient (Wildman–Crippen LogP) is 2.93. The molecule has 1 aromatic carbocycles. The maximum Gasteiger partial charge on any atom is 0.182 e. The molecule has 2 aliphatic rings. The SMILES string of the molecule is CC1=NC2(CCOc3ccc(Br)cc32)N=C1. The molecule has 1 atom stereocenters. The van der Waals surface area contributed by atoms with Crippen molar-refractivity contribution in [3.63, 3.8) is 0 Å². The van der Waals surface area contributed by atoms with E-state index in [2.05, 4.69) is 25.9 Å². The van der Waals surface area contributed by atoms with Gasteiger partial charge >= 0.3 is 0 Å². The fourth-order valence-corrected chi connectivity index (χ4v) is 2.54. The van der Waals surface area contributed by atoms with Crippen LogP contribution in [-0.2, 0) is 5.66 Å². The predicted molar refractivity (Wildman–Crippen MR) is 67.5 cm³/mol. The molecule has 3 rings (SSSR count). The number of halogens is 1. The van der Waals surface area contributed by atoms with Gasteiger partial charge in [0, 0.05) is 22.7 Å². The number of nitrogens with zero attached hydrogens (tertiary/aromatic N) is 2. The quantitative estimate of drug-likeness (QED) is 0.719. The number of rotatable bonds is 0. The van der Waals surface area contributed by atoms with E-state index in [1.54, 1.807) is 0 Å². The number of aliphatic imine (C=N–C) groups is 2. The number of ether oxygens (including phenoxy) is 1. The van der Waals surface area contributed by atoms with Gasteiger partial charge in [-0.1, -0.05) is 15.9 Å². The molecule has 0 aliphatic carbocycles. The fraction of sp³-hybridized carbons (Fsp3) is 0.333. The van der Waals surface area contributed by atoms with Crippen LogP contribution in [0.3, 0.4) is 0 Å². The van der Waals surface area contributed by atoms with Gasteiger partial charge in [-0.3, -0.25) is 9.98 Å². The van der Waals surface area contributed by atoms with Crippen LogP contribution in [0, 0.1) is 0 Å². The lowest BCUT2D eigenvalue weighted by molar-refractivity contribution is 0.225. The highest BCUT2D eigenvalue weighted by Gasteiger charge is 2.39. The Morgan fingerprint density at radius 3 is 3.06 bits per heavy atom. The van der Waals surface area contributed by atoms with Crippen LogP contribution >= 0.6 is 15.9 Å². The van der Waals surface area contributed by atoms with E-state index in [1.807, 2.05) is 31.3 Å². The molecule has 0 bridgehead atoms. The van der Waals surface area contributed by atoms with Gasteiger partial charge in [0.15, 0.2) is 5.66 Å². The molecule has 82 valence electrons. The summed E-state index contributed by atoms with van der Waals surface area (Å²) in [7, 11) is 0. The third-order valence-corrected chi connectivity index (χ3v) is 3.40. The molecule has 0 radical (unpaired) electrons. The molecular weight excluding hydrogens is 268 g/mol. The van der Waals surface area contributed by atoms with Crippen LogP contribution in [0.1, 0.15) is 18.9 Å². The van der Waals surface area contributed by atoms with E-state index in [0.29, 0.717) is 6.61 Å². The zero-order valence-electron chi connectivity index (χ0n) is 8.90. The molecule has 1 unspecified atom stereocenters. The first-order chi connectivity index (χ1) is 7.70. The lowest BCUT2D eigenvalue weighted by Gasteiger charge is -2.30. The first-order valence-electron chi connectivity index (χ1n) is 5.24. The number of benzene rings is 1. The number of hydrogen-bond acceptors (Lipinski definition) is 3. The summed E-state index contributed by atoms with van der Waals surface area (Å²) in [6.45, 7) is 2.65. The van der Waals surface area contributed by atoms with E-state index in [9.17, 15) is 0 Å². The molecule has 0 saturated heterocycles. The Hall–Kier alpha value is -1.16. The van der Waals surface area contributed by atoms with E-state index in [-0.39, 0.29) is 0 Å². The summed E-state index contributed by atoms with van der Waals surface area (Å²) in [5, 5.41) is 0. The van der Waals surface area contributed by atoms with Gasteiger partial charge < -0.3 is 4.74 Å². The summed E-state index contributed by atoms with van der Waals surface area (Å²) < 4.78 is 6.67. The number of fused-ring (bicyclic) bond motifs is 2. The largest absolute Gasteiger partial charge is 0.493 e. The Bertz CT molecular complexity index is 510. The van der Waals surface area contributed by atoms with Gasteiger partial charge in [0.25, 0.3) is 0 Å². The lowest BCUT2D eigenvalue weighted by Crippen LogP contribution is -2.28. The van der Waals surface area contributed by atoms with Crippen LogP contribution < -0.4 is 4.74 Å². The minimum atomic E-state index is -0.429. The molecule has 0 fully saturated rings. The highest BCUT2D eigenvalue weighted by molar-refractivity contribution is 9.10. The van der Waals surface area contributed by atoms with Crippen molar-refractivity contribution in [3.05, 3.63) is 28.2 Å². The Morgan fingerprint density at radius 1 is 1.44 bits per heavy atom. The highest BCUT2D eigenvalue weighted by atomic mass is 79.9. The average molecular weight is 279 g/mol. The molecule has 0 aromatic heterocycles. The van der Waals surface area contributed by atoms with Gasteiger partial charge in [0.2, 0.25) is 0 Å². The molecule has 0 N–H and O–H groups in total. The van der Waals surface area contributed by atoms with E-state index < -0.39 is 5.66 Å². The van der Waals surface area contributed by atoms with Crippen molar-refractivity contribution in [1.29, 1.82) is 0 Å². The Kier molecular flexibility index (Phi) is 2.14. The normalized spacial score (nSPS) is 26.5. The van der Waals surface area contributed by atoms with Gasteiger partial charge in [-0.2, -0.15) is 0 Å². The van der Waals surface area contributed by atoms with Crippen molar-refractivity contribution >= 4 is 27.9 Å². The lowest BCUT2D eigenvalue weighted by atomic mass is 9.94. The second-order valence-corrected chi connectivity index (χ2v) is 4.98. The van der Waals surface area contributed by atoms with Crippen molar-refractivity contribution in [2.75, 3.05) is 6.61 Å². The van der Waals surface area contributed by atoms with Crippen molar-refractivity contribution in [1.82, 2.24) is 0 Å². The van der Waals surface area contributed by atoms with E-state index in [1.165, 1.54) is 0 Å². The number of hydrogen-bond donors (Lipinski definition) is 0. The van der Waals surface area contributed by atoms with Crippen LogP contribution in [-0.4, -0.2) is 18.5 Å². The third kappa shape index (κ3) is 1.40. The van der Waals surface area contributed by atoms with Crippen LogP contribution in [0.4, 0.5) is 0 Å². The average Bonchev–Trinajstić information content (AvgIpc) is 2.63. The van der Waals surface area contributed by atoms with Gasteiger partial charge in [0.05, 0.1) is 12.3 Å². The first-order valence-corrected chi connectivity index (χ1v) is 6.03. The van der Waals surface area contributed by atoms with Crippen LogP contribution in [0.2, 0.25) is 0 Å². The van der Waals surface area contributed by atoms with Crippen molar-refractivity contribution in [2.24, 2.45) is 9.98 Å². The van der Waals surface area contributed by atoms with E-state index in [4.69, 9.17) is 4.74 Å². The van der Waals surface area contributed by atoms with E-state index in [0.717, 1.165) is 27.9 Å². The van der Waals surface area contributed by atoms with Crippen LogP contribution in [0.15, 0.2) is 32.7 Å². The minimum Gasteiger partial charge on any atom is -0.493 e. The zero-order valence-corrected chi connectivity index (χ0v) is 10.5. The third-order valence-electron chi connectivity index (χ3n) is 2.91. The van der Waals surface area contributed by atoms with Gasteiger partial charge in [0.1, 0.15) is 5.75 Å².